The lowest BCUT2D eigenvalue weighted by Crippen LogP contribution is -2.17. The Balaban J connectivity index is 2.19. The van der Waals surface area contributed by atoms with Crippen molar-refractivity contribution in [2.24, 2.45) is 11.1 Å². The summed E-state index contributed by atoms with van der Waals surface area (Å²) in [6, 6.07) is 6.03. The molecule has 1 saturated carbocycles. The molecule has 3 heteroatoms. The average molecular weight is 221 g/mol. The molecule has 1 aromatic rings. The SMILES string of the molecule is COc1cc(CC2(CN)CC2)cc(OC)c1. The Morgan fingerprint density at radius 3 is 2.06 bits per heavy atom. The van der Waals surface area contributed by atoms with Crippen LogP contribution in [0.4, 0.5) is 0 Å². The molecule has 0 heterocycles. The van der Waals surface area contributed by atoms with Gasteiger partial charge in [-0.2, -0.15) is 0 Å². The standard InChI is InChI=1S/C13H19NO2/c1-15-11-5-10(6-12(7-11)16-2)8-13(9-14)3-4-13/h5-7H,3-4,8-9,14H2,1-2H3. The summed E-state index contributed by atoms with van der Waals surface area (Å²) in [6.07, 6.45) is 3.50. The van der Waals surface area contributed by atoms with E-state index in [4.69, 9.17) is 15.2 Å². The minimum atomic E-state index is 0.345. The van der Waals surface area contributed by atoms with Gasteiger partial charge in [0.1, 0.15) is 11.5 Å². The van der Waals surface area contributed by atoms with E-state index in [2.05, 4.69) is 12.1 Å². The highest BCUT2D eigenvalue weighted by Crippen LogP contribution is 2.47. The molecule has 3 nitrogen and oxygen atoms in total. The van der Waals surface area contributed by atoms with E-state index < -0.39 is 0 Å². The summed E-state index contributed by atoms with van der Waals surface area (Å²) in [5.74, 6) is 1.70. The van der Waals surface area contributed by atoms with Gasteiger partial charge in [0.2, 0.25) is 0 Å². The van der Waals surface area contributed by atoms with E-state index in [1.165, 1.54) is 18.4 Å². The second kappa shape index (κ2) is 4.34. The number of ether oxygens (including phenoxy) is 2. The van der Waals surface area contributed by atoms with Crippen LogP contribution >= 0.6 is 0 Å². The first kappa shape index (κ1) is 11.3. The molecular formula is C13H19NO2. The molecule has 16 heavy (non-hydrogen) atoms. The monoisotopic (exact) mass is 221 g/mol. The van der Waals surface area contributed by atoms with Crippen LogP contribution in [0.3, 0.4) is 0 Å². The van der Waals surface area contributed by atoms with E-state index in [-0.39, 0.29) is 0 Å². The predicted octanol–water partition coefficient (Wildman–Crippen LogP) is 1.99. The maximum atomic E-state index is 5.80. The summed E-state index contributed by atoms with van der Waals surface area (Å²) in [5, 5.41) is 0. The average Bonchev–Trinajstić information content (AvgIpc) is 3.09. The summed E-state index contributed by atoms with van der Waals surface area (Å²) in [4.78, 5) is 0. The molecule has 88 valence electrons. The van der Waals surface area contributed by atoms with Crippen LogP contribution in [0.15, 0.2) is 18.2 Å². The first-order valence-electron chi connectivity index (χ1n) is 5.63. The minimum absolute atomic E-state index is 0.345. The number of rotatable bonds is 5. The highest BCUT2D eigenvalue weighted by atomic mass is 16.5. The van der Waals surface area contributed by atoms with E-state index in [0.717, 1.165) is 24.5 Å². The summed E-state index contributed by atoms with van der Waals surface area (Å²) >= 11 is 0. The molecule has 0 atom stereocenters. The fraction of sp³-hybridized carbons (Fsp3) is 0.538. The number of nitrogens with two attached hydrogens (primary N) is 1. The van der Waals surface area contributed by atoms with Gasteiger partial charge in [-0.1, -0.05) is 0 Å². The molecule has 0 aromatic heterocycles. The van der Waals surface area contributed by atoms with Crippen LogP contribution in [-0.4, -0.2) is 20.8 Å². The van der Waals surface area contributed by atoms with E-state index in [1.54, 1.807) is 14.2 Å². The van der Waals surface area contributed by atoms with Gasteiger partial charge < -0.3 is 15.2 Å². The lowest BCUT2D eigenvalue weighted by molar-refractivity contribution is 0.392. The Morgan fingerprint density at radius 1 is 1.12 bits per heavy atom. The van der Waals surface area contributed by atoms with Crippen molar-refractivity contribution in [3.63, 3.8) is 0 Å². The Bertz CT molecular complexity index is 350. The topological polar surface area (TPSA) is 44.5 Å². The van der Waals surface area contributed by atoms with Crippen LogP contribution in [0, 0.1) is 5.41 Å². The van der Waals surface area contributed by atoms with Crippen LogP contribution in [0.25, 0.3) is 0 Å². The molecule has 1 aromatic carbocycles. The Morgan fingerprint density at radius 2 is 1.69 bits per heavy atom. The van der Waals surface area contributed by atoms with Gasteiger partial charge in [-0.3, -0.25) is 0 Å². The lowest BCUT2D eigenvalue weighted by Gasteiger charge is -2.14. The Kier molecular flexibility index (Phi) is 3.06. The highest BCUT2D eigenvalue weighted by Gasteiger charge is 2.41. The van der Waals surface area contributed by atoms with Crippen molar-refractivity contribution in [3.8, 4) is 11.5 Å². The predicted molar refractivity (Wildman–Crippen MR) is 64.0 cm³/mol. The van der Waals surface area contributed by atoms with Crippen LogP contribution < -0.4 is 15.2 Å². The molecular weight excluding hydrogens is 202 g/mol. The third-order valence-electron chi connectivity index (χ3n) is 3.38. The zero-order valence-corrected chi connectivity index (χ0v) is 9.95. The molecule has 0 saturated heterocycles. The van der Waals surface area contributed by atoms with E-state index in [1.807, 2.05) is 6.07 Å². The summed E-state index contributed by atoms with van der Waals surface area (Å²) < 4.78 is 10.5. The van der Waals surface area contributed by atoms with E-state index in [9.17, 15) is 0 Å². The summed E-state index contributed by atoms with van der Waals surface area (Å²) in [5.41, 5.74) is 7.39. The molecule has 2 rings (SSSR count). The van der Waals surface area contributed by atoms with Gasteiger partial charge in [-0.25, -0.2) is 0 Å². The zero-order valence-electron chi connectivity index (χ0n) is 9.95. The van der Waals surface area contributed by atoms with Gasteiger partial charge in [0.15, 0.2) is 0 Å². The number of methoxy groups -OCH3 is 2. The number of hydrogen-bond donors (Lipinski definition) is 1. The number of benzene rings is 1. The molecule has 1 aliphatic rings. The summed E-state index contributed by atoms with van der Waals surface area (Å²) in [7, 11) is 3.35. The summed E-state index contributed by atoms with van der Waals surface area (Å²) in [6.45, 7) is 0.770. The van der Waals surface area contributed by atoms with Crippen LogP contribution in [0.2, 0.25) is 0 Å². The number of hydrogen-bond acceptors (Lipinski definition) is 3. The quantitative estimate of drug-likeness (QED) is 0.827. The third-order valence-corrected chi connectivity index (χ3v) is 3.38. The molecule has 0 spiro atoms. The molecule has 0 bridgehead atoms. The van der Waals surface area contributed by atoms with Crippen molar-refractivity contribution >= 4 is 0 Å². The maximum Gasteiger partial charge on any atom is 0.122 e. The second-order valence-corrected chi connectivity index (χ2v) is 4.60. The lowest BCUT2D eigenvalue weighted by atomic mass is 9.96. The van der Waals surface area contributed by atoms with Crippen LogP contribution in [0.1, 0.15) is 18.4 Å². The minimum Gasteiger partial charge on any atom is -0.497 e. The largest absolute Gasteiger partial charge is 0.497 e. The van der Waals surface area contributed by atoms with Crippen LogP contribution in [0.5, 0.6) is 11.5 Å². The van der Waals surface area contributed by atoms with Crippen molar-refractivity contribution in [3.05, 3.63) is 23.8 Å². The van der Waals surface area contributed by atoms with Gasteiger partial charge in [0.25, 0.3) is 0 Å². The third kappa shape index (κ3) is 2.30. The molecule has 0 amide bonds. The van der Waals surface area contributed by atoms with E-state index in [0.29, 0.717) is 5.41 Å². The molecule has 0 radical (unpaired) electrons. The molecule has 0 aliphatic heterocycles. The van der Waals surface area contributed by atoms with Gasteiger partial charge in [0, 0.05) is 6.07 Å². The van der Waals surface area contributed by atoms with Crippen molar-refractivity contribution in [1.82, 2.24) is 0 Å². The molecule has 1 fully saturated rings. The van der Waals surface area contributed by atoms with Gasteiger partial charge in [0.05, 0.1) is 14.2 Å². The first-order chi connectivity index (χ1) is 7.71. The van der Waals surface area contributed by atoms with E-state index >= 15 is 0 Å². The second-order valence-electron chi connectivity index (χ2n) is 4.60. The maximum absolute atomic E-state index is 5.80. The van der Waals surface area contributed by atoms with Crippen molar-refractivity contribution in [1.29, 1.82) is 0 Å². The Hall–Kier alpha value is -1.22. The molecule has 0 unspecified atom stereocenters. The van der Waals surface area contributed by atoms with Gasteiger partial charge >= 0.3 is 0 Å². The van der Waals surface area contributed by atoms with Crippen molar-refractivity contribution in [2.75, 3.05) is 20.8 Å². The highest BCUT2D eigenvalue weighted by molar-refractivity contribution is 5.39. The zero-order chi connectivity index (χ0) is 11.6. The van der Waals surface area contributed by atoms with Gasteiger partial charge in [-0.05, 0) is 48.9 Å². The van der Waals surface area contributed by atoms with Gasteiger partial charge in [-0.15, -0.1) is 0 Å². The van der Waals surface area contributed by atoms with Crippen LogP contribution in [-0.2, 0) is 6.42 Å². The van der Waals surface area contributed by atoms with Crippen molar-refractivity contribution in [2.45, 2.75) is 19.3 Å². The molecule has 1 aliphatic carbocycles. The smallest absolute Gasteiger partial charge is 0.122 e. The Labute approximate surface area is 96.5 Å². The fourth-order valence-electron chi connectivity index (χ4n) is 2.03. The fourth-order valence-corrected chi connectivity index (χ4v) is 2.03. The first-order valence-corrected chi connectivity index (χ1v) is 5.63. The molecule has 2 N–H and O–H groups in total. The van der Waals surface area contributed by atoms with Crippen molar-refractivity contribution < 1.29 is 9.47 Å². The normalized spacial score (nSPS) is 16.9.